The minimum atomic E-state index is -0.125. The van der Waals surface area contributed by atoms with Crippen molar-refractivity contribution in [2.45, 2.75) is 70.3 Å². The molecule has 3 heteroatoms. The van der Waals surface area contributed by atoms with Crippen LogP contribution in [0.5, 0.6) is 0 Å². The minimum absolute atomic E-state index is 0.125. The molecular weight excluding hydrogens is 272 g/mol. The van der Waals surface area contributed by atoms with Crippen molar-refractivity contribution in [2.24, 2.45) is 5.73 Å². The smallest absolute Gasteiger partial charge is 0.220 e. The predicted molar refractivity (Wildman–Crippen MR) is 91.6 cm³/mol. The monoisotopic (exact) mass is 302 g/mol. The van der Waals surface area contributed by atoms with Gasteiger partial charge in [-0.05, 0) is 44.7 Å². The average molecular weight is 302 g/mol. The molecule has 122 valence electrons. The molecule has 3 nitrogen and oxygen atoms in total. The SMILES string of the molecule is Cc1cccc(C2(NC(=O)CCCCCCN)CCCC2)c1. The molecule has 0 heterocycles. The summed E-state index contributed by atoms with van der Waals surface area (Å²) < 4.78 is 0. The second-order valence-electron chi connectivity index (χ2n) is 6.66. The molecule has 0 aliphatic heterocycles. The molecule has 0 unspecified atom stereocenters. The first-order chi connectivity index (χ1) is 10.7. The van der Waals surface area contributed by atoms with Crippen LogP contribution in [0.15, 0.2) is 24.3 Å². The lowest BCUT2D eigenvalue weighted by molar-refractivity contribution is -0.123. The Morgan fingerprint density at radius 2 is 1.91 bits per heavy atom. The Balaban J connectivity index is 1.93. The lowest BCUT2D eigenvalue weighted by atomic mass is 9.87. The van der Waals surface area contributed by atoms with Crippen LogP contribution in [0.4, 0.5) is 0 Å². The highest BCUT2D eigenvalue weighted by Crippen LogP contribution is 2.39. The van der Waals surface area contributed by atoms with Crippen LogP contribution < -0.4 is 11.1 Å². The minimum Gasteiger partial charge on any atom is -0.347 e. The fraction of sp³-hybridized carbons (Fsp3) is 0.632. The van der Waals surface area contributed by atoms with Gasteiger partial charge in [0, 0.05) is 6.42 Å². The number of aryl methyl sites for hydroxylation is 1. The van der Waals surface area contributed by atoms with Gasteiger partial charge in [-0.1, -0.05) is 55.5 Å². The third kappa shape index (κ3) is 4.57. The van der Waals surface area contributed by atoms with Gasteiger partial charge >= 0.3 is 0 Å². The highest BCUT2D eigenvalue weighted by Gasteiger charge is 2.36. The third-order valence-corrected chi connectivity index (χ3v) is 4.76. The lowest BCUT2D eigenvalue weighted by Gasteiger charge is -2.31. The summed E-state index contributed by atoms with van der Waals surface area (Å²) >= 11 is 0. The van der Waals surface area contributed by atoms with Gasteiger partial charge in [-0.25, -0.2) is 0 Å². The van der Waals surface area contributed by atoms with E-state index in [4.69, 9.17) is 5.73 Å². The Kier molecular flexibility index (Phi) is 6.44. The second kappa shape index (κ2) is 8.33. The van der Waals surface area contributed by atoms with Crippen molar-refractivity contribution in [3.8, 4) is 0 Å². The van der Waals surface area contributed by atoms with E-state index >= 15 is 0 Å². The van der Waals surface area contributed by atoms with Crippen molar-refractivity contribution in [3.05, 3.63) is 35.4 Å². The number of carbonyl (C=O) groups excluding carboxylic acids is 1. The number of hydrogen-bond donors (Lipinski definition) is 2. The molecule has 1 aromatic carbocycles. The predicted octanol–water partition coefficient (Wildman–Crippen LogP) is 3.79. The van der Waals surface area contributed by atoms with Gasteiger partial charge in [0.15, 0.2) is 0 Å². The Morgan fingerprint density at radius 3 is 2.59 bits per heavy atom. The van der Waals surface area contributed by atoms with Crippen molar-refractivity contribution in [1.29, 1.82) is 0 Å². The van der Waals surface area contributed by atoms with E-state index in [1.807, 2.05) is 0 Å². The van der Waals surface area contributed by atoms with Crippen molar-refractivity contribution in [3.63, 3.8) is 0 Å². The number of rotatable bonds is 8. The van der Waals surface area contributed by atoms with Crippen LogP contribution in [0, 0.1) is 6.92 Å². The topological polar surface area (TPSA) is 55.1 Å². The number of amides is 1. The maximum atomic E-state index is 12.4. The molecule has 1 fully saturated rings. The van der Waals surface area contributed by atoms with Crippen LogP contribution in [0.1, 0.15) is 68.9 Å². The summed E-state index contributed by atoms with van der Waals surface area (Å²) in [6, 6.07) is 8.61. The molecule has 0 aromatic heterocycles. The molecule has 2 rings (SSSR count). The van der Waals surface area contributed by atoms with Gasteiger partial charge in [0.25, 0.3) is 0 Å². The Labute approximate surface area is 134 Å². The summed E-state index contributed by atoms with van der Waals surface area (Å²) in [5.74, 6) is 0.205. The maximum absolute atomic E-state index is 12.4. The van der Waals surface area contributed by atoms with E-state index in [1.54, 1.807) is 0 Å². The van der Waals surface area contributed by atoms with Crippen LogP contribution in [0.3, 0.4) is 0 Å². The van der Waals surface area contributed by atoms with E-state index in [0.29, 0.717) is 6.42 Å². The van der Waals surface area contributed by atoms with E-state index in [2.05, 4.69) is 36.5 Å². The fourth-order valence-corrected chi connectivity index (χ4v) is 3.52. The van der Waals surface area contributed by atoms with Crippen LogP contribution in [0.25, 0.3) is 0 Å². The van der Waals surface area contributed by atoms with E-state index in [1.165, 1.54) is 24.0 Å². The van der Waals surface area contributed by atoms with E-state index in [-0.39, 0.29) is 11.4 Å². The van der Waals surface area contributed by atoms with Gasteiger partial charge in [0.2, 0.25) is 5.91 Å². The lowest BCUT2D eigenvalue weighted by Crippen LogP contribution is -2.43. The zero-order valence-electron chi connectivity index (χ0n) is 13.9. The molecule has 1 aliphatic rings. The van der Waals surface area contributed by atoms with Gasteiger partial charge in [-0.2, -0.15) is 0 Å². The van der Waals surface area contributed by atoms with E-state index < -0.39 is 0 Å². The molecular formula is C19H30N2O. The van der Waals surface area contributed by atoms with Crippen LogP contribution in [-0.2, 0) is 10.3 Å². The van der Waals surface area contributed by atoms with Crippen molar-refractivity contribution in [2.75, 3.05) is 6.54 Å². The highest BCUT2D eigenvalue weighted by molar-refractivity contribution is 5.77. The molecule has 1 amide bonds. The number of nitrogens with one attached hydrogen (secondary N) is 1. The summed E-state index contributed by atoms with van der Waals surface area (Å²) in [5.41, 5.74) is 7.91. The molecule has 0 saturated heterocycles. The fourth-order valence-electron chi connectivity index (χ4n) is 3.52. The molecule has 0 radical (unpaired) electrons. The number of unbranched alkanes of at least 4 members (excludes halogenated alkanes) is 3. The summed E-state index contributed by atoms with van der Waals surface area (Å²) in [6.07, 6.45) is 9.43. The number of hydrogen-bond acceptors (Lipinski definition) is 2. The summed E-state index contributed by atoms with van der Waals surface area (Å²) in [5, 5.41) is 3.36. The summed E-state index contributed by atoms with van der Waals surface area (Å²) in [6.45, 7) is 2.87. The van der Waals surface area contributed by atoms with Crippen LogP contribution in [-0.4, -0.2) is 12.5 Å². The summed E-state index contributed by atoms with van der Waals surface area (Å²) in [4.78, 5) is 12.4. The normalized spacial score (nSPS) is 16.6. The van der Waals surface area contributed by atoms with Crippen molar-refractivity contribution < 1.29 is 4.79 Å². The quantitative estimate of drug-likeness (QED) is 0.718. The van der Waals surface area contributed by atoms with Gasteiger partial charge in [-0.3, -0.25) is 4.79 Å². The maximum Gasteiger partial charge on any atom is 0.220 e. The van der Waals surface area contributed by atoms with Crippen LogP contribution in [0.2, 0.25) is 0 Å². The third-order valence-electron chi connectivity index (χ3n) is 4.76. The molecule has 0 bridgehead atoms. The first-order valence-electron chi connectivity index (χ1n) is 8.74. The first-order valence-corrected chi connectivity index (χ1v) is 8.74. The molecule has 1 aromatic rings. The van der Waals surface area contributed by atoms with E-state index in [0.717, 1.165) is 45.1 Å². The Morgan fingerprint density at radius 1 is 1.18 bits per heavy atom. The average Bonchev–Trinajstić information content (AvgIpc) is 2.97. The van der Waals surface area contributed by atoms with Gasteiger partial charge in [0.1, 0.15) is 0 Å². The summed E-state index contributed by atoms with van der Waals surface area (Å²) in [7, 11) is 0. The number of carbonyl (C=O) groups is 1. The van der Waals surface area contributed by atoms with Crippen LogP contribution >= 0.6 is 0 Å². The molecule has 1 saturated carbocycles. The van der Waals surface area contributed by atoms with Gasteiger partial charge < -0.3 is 11.1 Å². The first kappa shape index (κ1) is 17.0. The molecule has 1 aliphatic carbocycles. The molecule has 3 N–H and O–H groups in total. The number of benzene rings is 1. The zero-order chi connectivity index (χ0) is 15.8. The van der Waals surface area contributed by atoms with Gasteiger partial charge in [-0.15, -0.1) is 0 Å². The van der Waals surface area contributed by atoms with Crippen molar-refractivity contribution in [1.82, 2.24) is 5.32 Å². The standard InChI is InChI=1S/C19H30N2O/c1-16-9-8-10-17(15-16)19(12-5-6-13-19)21-18(22)11-4-2-3-7-14-20/h8-10,15H,2-7,11-14,20H2,1H3,(H,21,22). The van der Waals surface area contributed by atoms with Crippen molar-refractivity contribution >= 4 is 5.91 Å². The van der Waals surface area contributed by atoms with Gasteiger partial charge in [0.05, 0.1) is 5.54 Å². The number of nitrogens with two attached hydrogens (primary N) is 1. The Bertz CT molecular complexity index is 478. The Hall–Kier alpha value is -1.35. The zero-order valence-corrected chi connectivity index (χ0v) is 13.9. The largest absolute Gasteiger partial charge is 0.347 e. The second-order valence-corrected chi connectivity index (χ2v) is 6.66. The highest BCUT2D eigenvalue weighted by atomic mass is 16.1. The molecule has 22 heavy (non-hydrogen) atoms. The van der Waals surface area contributed by atoms with E-state index in [9.17, 15) is 4.79 Å². The molecule has 0 atom stereocenters. The molecule has 0 spiro atoms.